The molecular formula is C20H23N3O4S. The van der Waals surface area contributed by atoms with Gasteiger partial charge in [0.05, 0.1) is 0 Å². The highest BCUT2D eigenvalue weighted by Crippen LogP contribution is 2.46. The van der Waals surface area contributed by atoms with Crippen LogP contribution in [0.4, 0.5) is 0 Å². The zero-order valence-electron chi connectivity index (χ0n) is 16.0. The molecule has 28 heavy (non-hydrogen) atoms. The van der Waals surface area contributed by atoms with Crippen LogP contribution in [0.3, 0.4) is 0 Å². The van der Waals surface area contributed by atoms with E-state index in [1.807, 2.05) is 18.2 Å². The van der Waals surface area contributed by atoms with Crippen molar-refractivity contribution in [1.82, 2.24) is 15.3 Å². The molecule has 1 saturated carbocycles. The summed E-state index contributed by atoms with van der Waals surface area (Å²) in [7, 11) is -3.26. The summed E-state index contributed by atoms with van der Waals surface area (Å²) >= 11 is 0. The molecule has 1 aromatic carbocycles. The summed E-state index contributed by atoms with van der Waals surface area (Å²) in [4.78, 5) is 21.6. The predicted octanol–water partition coefficient (Wildman–Crippen LogP) is 3.00. The van der Waals surface area contributed by atoms with E-state index in [-0.39, 0.29) is 16.9 Å². The number of carbonyl (C=O) groups is 1. The Kier molecular flexibility index (Phi) is 5.51. The van der Waals surface area contributed by atoms with Gasteiger partial charge in [0.1, 0.15) is 17.1 Å². The monoisotopic (exact) mass is 401 g/mol. The molecule has 1 N–H and O–H groups in total. The third-order valence-electron chi connectivity index (χ3n) is 4.47. The summed E-state index contributed by atoms with van der Waals surface area (Å²) in [5.41, 5.74) is 0.117. The lowest BCUT2D eigenvalue weighted by Gasteiger charge is -2.15. The molecule has 1 fully saturated rings. The second kappa shape index (κ2) is 7.71. The average molecular weight is 401 g/mol. The van der Waals surface area contributed by atoms with Crippen LogP contribution >= 0.6 is 0 Å². The Morgan fingerprint density at radius 2 is 1.96 bits per heavy atom. The zero-order valence-corrected chi connectivity index (χ0v) is 16.9. The lowest BCUT2D eigenvalue weighted by molar-refractivity contribution is 0.0943. The number of amides is 1. The van der Waals surface area contributed by atoms with Crippen molar-refractivity contribution in [2.75, 3.05) is 6.26 Å². The summed E-state index contributed by atoms with van der Waals surface area (Å²) in [5, 5.41) is 3.78. The Morgan fingerprint density at radius 3 is 2.57 bits per heavy atom. The van der Waals surface area contributed by atoms with Crippen LogP contribution in [-0.2, 0) is 15.3 Å². The van der Waals surface area contributed by atoms with E-state index in [4.69, 9.17) is 4.74 Å². The highest BCUT2D eigenvalue weighted by Gasteiger charge is 2.42. The molecule has 0 unspecified atom stereocenters. The minimum Gasteiger partial charge on any atom is -0.438 e. The zero-order chi connectivity index (χ0) is 20.4. The van der Waals surface area contributed by atoms with E-state index < -0.39 is 21.8 Å². The molecule has 1 atom stereocenters. The lowest BCUT2D eigenvalue weighted by Crippen LogP contribution is -2.32. The number of carbonyl (C=O) groups excluding carboxylic acids is 1. The van der Waals surface area contributed by atoms with Gasteiger partial charge in [-0.05, 0) is 31.9 Å². The maximum absolute atomic E-state index is 12.7. The number of para-hydroxylation sites is 1. The minimum atomic E-state index is -3.26. The Hall–Kier alpha value is -2.74. The minimum absolute atomic E-state index is 0.0741. The molecule has 1 amide bonds. The maximum Gasteiger partial charge on any atom is 0.258 e. The van der Waals surface area contributed by atoms with E-state index in [0.29, 0.717) is 11.6 Å². The van der Waals surface area contributed by atoms with Crippen LogP contribution in [0.1, 0.15) is 42.9 Å². The van der Waals surface area contributed by atoms with Crippen LogP contribution in [0.5, 0.6) is 11.6 Å². The first-order valence-electron chi connectivity index (χ1n) is 8.96. The van der Waals surface area contributed by atoms with E-state index in [9.17, 15) is 13.2 Å². The van der Waals surface area contributed by atoms with Gasteiger partial charge >= 0.3 is 0 Å². The molecular weight excluding hydrogens is 378 g/mol. The smallest absolute Gasteiger partial charge is 0.258 e. The van der Waals surface area contributed by atoms with Crippen molar-refractivity contribution in [1.29, 1.82) is 0 Å². The highest BCUT2D eigenvalue weighted by atomic mass is 32.2. The number of sulfone groups is 1. The van der Waals surface area contributed by atoms with Gasteiger partial charge in [0, 0.05) is 29.3 Å². The fourth-order valence-electron chi connectivity index (χ4n) is 2.50. The average Bonchev–Trinajstić information content (AvgIpc) is 3.39. The second-order valence-electron chi connectivity index (χ2n) is 7.31. The van der Waals surface area contributed by atoms with Crippen molar-refractivity contribution in [3.63, 3.8) is 0 Å². The van der Waals surface area contributed by atoms with Gasteiger partial charge in [0.25, 0.3) is 5.91 Å². The topological polar surface area (TPSA) is 98.2 Å². The van der Waals surface area contributed by atoms with Crippen molar-refractivity contribution in [2.45, 2.75) is 38.1 Å². The van der Waals surface area contributed by atoms with Gasteiger partial charge in [0.2, 0.25) is 5.88 Å². The van der Waals surface area contributed by atoms with Crippen LogP contribution in [-0.4, -0.2) is 36.6 Å². The predicted molar refractivity (Wildman–Crippen MR) is 106 cm³/mol. The van der Waals surface area contributed by atoms with E-state index in [1.165, 1.54) is 12.3 Å². The van der Waals surface area contributed by atoms with E-state index >= 15 is 0 Å². The molecule has 3 rings (SSSR count). The maximum atomic E-state index is 12.7. The van der Waals surface area contributed by atoms with E-state index in [2.05, 4.69) is 22.2 Å². The van der Waals surface area contributed by atoms with Crippen LogP contribution in [0.2, 0.25) is 0 Å². The number of hydrogen-bond donors (Lipinski definition) is 1. The number of benzene rings is 1. The Labute approximate surface area is 164 Å². The molecule has 0 bridgehead atoms. The number of nitrogens with zero attached hydrogens (tertiary/aromatic N) is 2. The first-order valence-corrected chi connectivity index (χ1v) is 10.9. The van der Waals surface area contributed by atoms with Crippen LogP contribution in [0.15, 0.2) is 48.0 Å². The van der Waals surface area contributed by atoms with Gasteiger partial charge < -0.3 is 10.1 Å². The van der Waals surface area contributed by atoms with Crippen molar-refractivity contribution < 1.29 is 17.9 Å². The first-order chi connectivity index (χ1) is 13.2. The molecule has 8 heteroatoms. The fraction of sp³-hybridized carbons (Fsp3) is 0.350. The molecule has 0 spiro atoms. The molecule has 0 aliphatic heterocycles. The van der Waals surface area contributed by atoms with Crippen molar-refractivity contribution in [2.24, 2.45) is 0 Å². The Balaban J connectivity index is 1.86. The Bertz CT molecular complexity index is 999. The third-order valence-corrected chi connectivity index (χ3v) is 5.12. The van der Waals surface area contributed by atoms with Crippen LogP contribution in [0, 0.1) is 0 Å². The lowest BCUT2D eigenvalue weighted by atomic mass is 10.1. The quantitative estimate of drug-likeness (QED) is 0.766. The summed E-state index contributed by atoms with van der Waals surface area (Å²) in [6.45, 7) is 3.75. The number of ether oxygens (including phenoxy) is 1. The van der Waals surface area contributed by atoms with Gasteiger partial charge in [0.15, 0.2) is 9.84 Å². The van der Waals surface area contributed by atoms with Gasteiger partial charge in [-0.3, -0.25) is 4.79 Å². The van der Waals surface area contributed by atoms with Crippen molar-refractivity contribution in [3.8, 4) is 11.6 Å². The first kappa shape index (κ1) is 20.0. The van der Waals surface area contributed by atoms with Crippen molar-refractivity contribution in [3.05, 3.63) is 59.4 Å². The second-order valence-corrected chi connectivity index (χ2v) is 9.24. The van der Waals surface area contributed by atoms with E-state index in [0.717, 1.165) is 24.5 Å². The molecule has 1 aliphatic rings. The summed E-state index contributed by atoms with van der Waals surface area (Å²) in [6, 6.07) is 8.59. The van der Waals surface area contributed by atoms with E-state index in [1.54, 1.807) is 19.1 Å². The molecule has 1 aromatic heterocycles. The normalized spacial score (nSPS) is 16.5. The summed E-state index contributed by atoms with van der Waals surface area (Å²) in [5.74, 6) is 0.956. The molecule has 148 valence electrons. The SMILES string of the molecule is C[C@@H](/C=C/S(C)(=O)=O)NC(=O)c1cnc(C2(C)CC2)nc1Oc1ccccc1. The molecule has 1 heterocycles. The summed E-state index contributed by atoms with van der Waals surface area (Å²) in [6.07, 6.45) is 5.96. The Morgan fingerprint density at radius 1 is 1.29 bits per heavy atom. The molecule has 1 aliphatic carbocycles. The standard InChI is InChI=1S/C20H23N3O4S/c1-14(9-12-28(3,25)26)22-17(24)16-13-21-19(20(2)10-11-20)23-18(16)27-15-7-5-4-6-8-15/h4-9,12-14H,10-11H2,1-3H3,(H,22,24)/b12-9+/t14-/m0/s1. The fourth-order valence-corrected chi connectivity index (χ4v) is 3.02. The number of hydrogen-bond acceptors (Lipinski definition) is 6. The van der Waals surface area contributed by atoms with Gasteiger partial charge in [-0.15, -0.1) is 0 Å². The van der Waals surface area contributed by atoms with Crippen LogP contribution < -0.4 is 10.1 Å². The molecule has 0 saturated heterocycles. The molecule has 2 aromatic rings. The van der Waals surface area contributed by atoms with Crippen molar-refractivity contribution >= 4 is 15.7 Å². The largest absolute Gasteiger partial charge is 0.438 e. The molecule has 0 radical (unpaired) electrons. The van der Waals surface area contributed by atoms with Gasteiger partial charge in [-0.25, -0.2) is 13.4 Å². The highest BCUT2D eigenvalue weighted by molar-refractivity contribution is 7.93. The third kappa shape index (κ3) is 5.16. The van der Waals surface area contributed by atoms with Gasteiger partial charge in [-0.1, -0.05) is 31.2 Å². The number of nitrogens with one attached hydrogen (secondary N) is 1. The number of rotatable bonds is 7. The van der Waals surface area contributed by atoms with Crippen LogP contribution in [0.25, 0.3) is 0 Å². The summed E-state index contributed by atoms with van der Waals surface area (Å²) < 4.78 is 28.4. The number of aromatic nitrogens is 2. The molecule has 7 nitrogen and oxygen atoms in total. The van der Waals surface area contributed by atoms with Gasteiger partial charge in [-0.2, -0.15) is 4.98 Å².